The lowest BCUT2D eigenvalue weighted by atomic mass is 10.1. The van der Waals surface area contributed by atoms with Gasteiger partial charge in [0.05, 0.1) is 12.2 Å². The van der Waals surface area contributed by atoms with Crippen LogP contribution in [0.4, 0.5) is 0 Å². The molecule has 2 heterocycles. The highest BCUT2D eigenvalue weighted by molar-refractivity contribution is 9.28. The summed E-state index contributed by atoms with van der Waals surface area (Å²) in [7, 11) is -3.25. The van der Waals surface area contributed by atoms with E-state index in [4.69, 9.17) is 4.74 Å². The number of hydrogen-bond acceptors (Lipinski definition) is 4. The van der Waals surface area contributed by atoms with E-state index < -0.39 is 18.5 Å². The third-order valence-electron chi connectivity index (χ3n) is 2.29. The Kier molecular flexibility index (Phi) is 2.06. The lowest BCUT2D eigenvalue weighted by molar-refractivity contribution is -0.141. The number of rotatable bonds is 0. The maximum atomic E-state index is 11.5. The van der Waals surface area contributed by atoms with Crippen molar-refractivity contribution in [3.8, 4) is 0 Å². The van der Waals surface area contributed by atoms with Gasteiger partial charge in [-0.25, -0.2) is 8.42 Å². The van der Waals surface area contributed by atoms with Crippen LogP contribution in [-0.2, 0) is 19.4 Å². The molecule has 74 valence electrons. The van der Waals surface area contributed by atoms with Crippen LogP contribution in [0.2, 0.25) is 0 Å². The summed E-state index contributed by atoms with van der Waals surface area (Å²) in [4.78, 5) is 10.9. The number of alkyl halides is 2. The van der Waals surface area contributed by atoms with Crippen LogP contribution < -0.4 is 0 Å². The zero-order chi connectivity index (χ0) is 9.85. The molecule has 2 rings (SSSR count). The van der Waals surface area contributed by atoms with E-state index in [1.807, 2.05) is 0 Å². The fourth-order valence-electron chi connectivity index (χ4n) is 1.67. The Labute approximate surface area is 92.2 Å². The summed E-state index contributed by atoms with van der Waals surface area (Å²) in [6, 6.07) is 0. The number of fused-ring (bicyclic) bond motifs is 1. The Bertz CT molecular complexity index is 361. The van der Waals surface area contributed by atoms with Crippen LogP contribution in [0.25, 0.3) is 0 Å². The van der Waals surface area contributed by atoms with Crippen molar-refractivity contribution in [3.63, 3.8) is 0 Å². The molecule has 2 atom stereocenters. The van der Waals surface area contributed by atoms with E-state index in [0.29, 0.717) is 0 Å². The summed E-state index contributed by atoms with van der Waals surface area (Å²) in [6.07, 6.45) is -0.395. The first-order chi connectivity index (χ1) is 5.84. The highest BCUT2D eigenvalue weighted by Crippen LogP contribution is 2.51. The topological polar surface area (TPSA) is 60.4 Å². The first-order valence-electron chi connectivity index (χ1n) is 3.64. The first kappa shape index (κ1) is 9.92. The molecular weight excluding hydrogens is 328 g/mol. The molecular formula is C6H6Br2O4S. The number of esters is 1. The van der Waals surface area contributed by atoms with E-state index in [1.165, 1.54) is 0 Å². The van der Waals surface area contributed by atoms with Crippen molar-refractivity contribution in [1.29, 1.82) is 0 Å². The molecule has 0 spiro atoms. The Morgan fingerprint density at radius 2 is 2.08 bits per heavy atom. The SMILES string of the molecule is O=C1CC2CS(=O)(=O)C(Br)(Br)C2O1. The number of halogens is 2. The minimum atomic E-state index is -3.25. The van der Waals surface area contributed by atoms with E-state index in [2.05, 4.69) is 31.9 Å². The summed E-state index contributed by atoms with van der Waals surface area (Å²) in [5, 5.41) is 0. The highest BCUT2D eigenvalue weighted by Gasteiger charge is 2.62. The Morgan fingerprint density at radius 3 is 2.62 bits per heavy atom. The molecule has 2 fully saturated rings. The molecule has 2 saturated heterocycles. The molecule has 2 unspecified atom stereocenters. The van der Waals surface area contributed by atoms with Crippen LogP contribution in [-0.4, -0.2) is 28.8 Å². The minimum Gasteiger partial charge on any atom is -0.458 e. The largest absolute Gasteiger partial charge is 0.458 e. The second-order valence-electron chi connectivity index (χ2n) is 3.22. The van der Waals surface area contributed by atoms with Gasteiger partial charge in [-0.05, 0) is 0 Å². The van der Waals surface area contributed by atoms with Crippen molar-refractivity contribution in [2.75, 3.05) is 5.75 Å². The molecule has 0 radical (unpaired) electrons. The van der Waals surface area contributed by atoms with Crippen molar-refractivity contribution in [3.05, 3.63) is 0 Å². The smallest absolute Gasteiger partial charge is 0.306 e. The molecule has 0 aliphatic carbocycles. The number of ether oxygens (including phenoxy) is 1. The van der Waals surface area contributed by atoms with Crippen LogP contribution >= 0.6 is 31.9 Å². The van der Waals surface area contributed by atoms with Gasteiger partial charge in [0.2, 0.25) is 2.57 Å². The normalized spacial score (nSPS) is 40.0. The fraction of sp³-hybridized carbons (Fsp3) is 0.833. The van der Waals surface area contributed by atoms with E-state index in [-0.39, 0.29) is 24.1 Å². The quantitative estimate of drug-likeness (QED) is 0.486. The van der Waals surface area contributed by atoms with Gasteiger partial charge in [-0.2, -0.15) is 0 Å². The van der Waals surface area contributed by atoms with Gasteiger partial charge in [-0.1, -0.05) is 31.9 Å². The molecule has 13 heavy (non-hydrogen) atoms. The second kappa shape index (κ2) is 2.70. The average Bonchev–Trinajstić information content (AvgIpc) is 2.35. The lowest BCUT2D eigenvalue weighted by Crippen LogP contribution is -2.32. The molecule has 0 bridgehead atoms. The molecule has 0 saturated carbocycles. The van der Waals surface area contributed by atoms with Crippen molar-refractivity contribution in [1.82, 2.24) is 0 Å². The zero-order valence-electron chi connectivity index (χ0n) is 6.37. The first-order valence-corrected chi connectivity index (χ1v) is 6.88. The second-order valence-corrected chi connectivity index (χ2v) is 10.0. The van der Waals surface area contributed by atoms with Crippen molar-refractivity contribution < 1.29 is 17.9 Å². The predicted molar refractivity (Wildman–Crippen MR) is 52.4 cm³/mol. The van der Waals surface area contributed by atoms with Crippen LogP contribution in [0.15, 0.2) is 0 Å². The Morgan fingerprint density at radius 1 is 1.46 bits per heavy atom. The Hall–Kier alpha value is 0.380. The third-order valence-corrected chi connectivity index (χ3v) is 8.09. The third kappa shape index (κ3) is 1.27. The maximum absolute atomic E-state index is 11.5. The standard InChI is InChI=1S/C6H6Br2O4S/c7-6(8)5-3(1-4(9)12-5)2-13(6,10)11/h3,5H,1-2H2. The van der Waals surface area contributed by atoms with Gasteiger partial charge < -0.3 is 4.74 Å². The van der Waals surface area contributed by atoms with Gasteiger partial charge in [0.25, 0.3) is 0 Å². The van der Waals surface area contributed by atoms with Crippen molar-refractivity contribution in [2.45, 2.75) is 15.1 Å². The number of carbonyl (C=O) groups is 1. The molecule has 0 aromatic heterocycles. The minimum absolute atomic E-state index is 0.0000926. The van der Waals surface area contributed by atoms with E-state index >= 15 is 0 Å². The van der Waals surface area contributed by atoms with Gasteiger partial charge in [-0.3, -0.25) is 4.79 Å². The molecule has 0 N–H and O–H groups in total. The number of hydrogen-bond donors (Lipinski definition) is 0. The zero-order valence-corrected chi connectivity index (χ0v) is 10.4. The molecule has 7 heteroatoms. The summed E-state index contributed by atoms with van der Waals surface area (Å²) < 4.78 is 26.7. The number of sulfone groups is 1. The molecule has 0 amide bonds. The molecule has 0 aromatic carbocycles. The highest BCUT2D eigenvalue weighted by atomic mass is 79.9. The van der Waals surface area contributed by atoms with E-state index in [9.17, 15) is 13.2 Å². The summed E-state index contributed by atoms with van der Waals surface area (Å²) in [5.41, 5.74) is 0. The monoisotopic (exact) mass is 332 g/mol. The summed E-state index contributed by atoms with van der Waals surface area (Å²) in [6.45, 7) is 0. The van der Waals surface area contributed by atoms with Gasteiger partial charge in [-0.15, -0.1) is 0 Å². The van der Waals surface area contributed by atoms with Crippen LogP contribution in [0.3, 0.4) is 0 Å². The Balaban J connectivity index is 2.42. The number of carbonyl (C=O) groups excluding carboxylic acids is 1. The van der Waals surface area contributed by atoms with Gasteiger partial charge in [0.1, 0.15) is 6.10 Å². The van der Waals surface area contributed by atoms with Crippen LogP contribution in [0, 0.1) is 5.92 Å². The van der Waals surface area contributed by atoms with Gasteiger partial charge in [0.15, 0.2) is 9.84 Å². The molecule has 2 aliphatic heterocycles. The summed E-state index contributed by atoms with van der Waals surface area (Å²) >= 11 is 6.10. The van der Waals surface area contributed by atoms with Gasteiger partial charge >= 0.3 is 5.97 Å². The molecule has 4 nitrogen and oxygen atoms in total. The fourth-order valence-corrected chi connectivity index (χ4v) is 5.07. The van der Waals surface area contributed by atoms with E-state index in [1.54, 1.807) is 0 Å². The maximum Gasteiger partial charge on any atom is 0.306 e. The van der Waals surface area contributed by atoms with Crippen molar-refractivity contribution >= 4 is 47.7 Å². The van der Waals surface area contributed by atoms with Crippen molar-refractivity contribution in [2.24, 2.45) is 5.92 Å². The average molecular weight is 334 g/mol. The predicted octanol–water partition coefficient (Wildman–Crippen LogP) is 0.790. The van der Waals surface area contributed by atoms with Crippen LogP contribution in [0.1, 0.15) is 6.42 Å². The lowest BCUT2D eigenvalue weighted by Gasteiger charge is -2.18. The summed E-state index contributed by atoms with van der Waals surface area (Å²) in [5.74, 6) is -0.538. The van der Waals surface area contributed by atoms with Gasteiger partial charge in [0, 0.05) is 5.92 Å². The molecule has 0 aromatic rings. The van der Waals surface area contributed by atoms with Crippen LogP contribution in [0.5, 0.6) is 0 Å². The van der Waals surface area contributed by atoms with E-state index in [0.717, 1.165) is 0 Å². The molecule has 2 aliphatic rings.